The van der Waals surface area contributed by atoms with E-state index in [2.05, 4.69) is 17.5 Å². The van der Waals surface area contributed by atoms with Crippen molar-refractivity contribution in [3.63, 3.8) is 0 Å². The van der Waals surface area contributed by atoms with Gasteiger partial charge in [0.15, 0.2) is 0 Å². The predicted molar refractivity (Wildman–Crippen MR) is 44.8 cm³/mol. The van der Waals surface area contributed by atoms with Gasteiger partial charge in [-0.15, -0.1) is 0 Å². The molecule has 1 atom stereocenters. The van der Waals surface area contributed by atoms with Gasteiger partial charge in [0.2, 0.25) is 0 Å². The van der Waals surface area contributed by atoms with Gasteiger partial charge in [-0.05, 0) is 25.2 Å². The van der Waals surface area contributed by atoms with E-state index in [9.17, 15) is 0 Å². The number of nitrogens with zero attached hydrogens (tertiary/aromatic N) is 1. The summed E-state index contributed by atoms with van der Waals surface area (Å²) < 4.78 is 0. The maximum absolute atomic E-state index is 7.43. The number of hydrogen-bond acceptors (Lipinski definition) is 2. The first-order valence-electron chi connectivity index (χ1n) is 4.18. The molecule has 1 aliphatic heterocycles. The molecule has 1 unspecified atom stereocenters. The molecule has 0 amide bonds. The molecule has 2 rings (SSSR count). The highest BCUT2D eigenvalue weighted by molar-refractivity contribution is 5.96. The molecular formula is C8H13N3. The van der Waals surface area contributed by atoms with Gasteiger partial charge in [-0.3, -0.25) is 10.8 Å². The Morgan fingerprint density at radius 1 is 1.55 bits per heavy atom. The summed E-state index contributed by atoms with van der Waals surface area (Å²) >= 11 is 0. The lowest BCUT2D eigenvalue weighted by atomic mass is 9.99. The summed E-state index contributed by atoms with van der Waals surface area (Å²) in [6, 6.07) is 0. The second-order valence-corrected chi connectivity index (χ2v) is 3.51. The third-order valence-corrected chi connectivity index (χ3v) is 2.38. The number of nitrogens with one attached hydrogen (secondary N) is 2. The molecule has 1 heterocycles. The maximum Gasteiger partial charge on any atom is 0.117 e. The van der Waals surface area contributed by atoms with Gasteiger partial charge >= 0.3 is 0 Å². The number of hydrazone groups is 1. The van der Waals surface area contributed by atoms with Crippen LogP contribution in [0.2, 0.25) is 0 Å². The van der Waals surface area contributed by atoms with Crippen molar-refractivity contribution in [2.24, 2.45) is 16.9 Å². The fourth-order valence-electron chi connectivity index (χ4n) is 1.38. The molecule has 3 nitrogen and oxygen atoms in total. The van der Waals surface area contributed by atoms with Crippen molar-refractivity contribution in [1.29, 1.82) is 5.41 Å². The minimum atomic E-state index is 0.350. The van der Waals surface area contributed by atoms with E-state index < -0.39 is 0 Å². The summed E-state index contributed by atoms with van der Waals surface area (Å²) in [6.45, 7) is 2.08. The summed E-state index contributed by atoms with van der Waals surface area (Å²) in [4.78, 5) is 0. The van der Waals surface area contributed by atoms with Gasteiger partial charge in [0, 0.05) is 11.6 Å². The quantitative estimate of drug-likeness (QED) is 0.584. The Labute approximate surface area is 66.4 Å². The Morgan fingerprint density at radius 2 is 2.27 bits per heavy atom. The van der Waals surface area contributed by atoms with Crippen molar-refractivity contribution in [3.05, 3.63) is 0 Å². The smallest absolute Gasteiger partial charge is 0.117 e. The van der Waals surface area contributed by atoms with Crippen LogP contribution in [0.3, 0.4) is 0 Å². The van der Waals surface area contributed by atoms with Crippen molar-refractivity contribution in [2.45, 2.75) is 26.2 Å². The molecule has 0 aromatic carbocycles. The molecule has 2 aliphatic rings. The first kappa shape index (κ1) is 6.83. The van der Waals surface area contributed by atoms with Crippen LogP contribution in [0, 0.1) is 17.2 Å². The van der Waals surface area contributed by atoms with Gasteiger partial charge in [-0.1, -0.05) is 6.92 Å². The molecule has 2 N–H and O–H groups in total. The van der Waals surface area contributed by atoms with Gasteiger partial charge in [-0.2, -0.15) is 5.10 Å². The van der Waals surface area contributed by atoms with Crippen LogP contribution >= 0.6 is 0 Å². The lowest BCUT2D eigenvalue weighted by Gasteiger charge is -2.19. The third kappa shape index (κ3) is 1.27. The number of rotatable bonds is 1. The Bertz CT molecular complexity index is 215. The molecule has 1 fully saturated rings. The molecule has 60 valence electrons. The Kier molecular flexibility index (Phi) is 1.44. The molecule has 0 aromatic heterocycles. The zero-order valence-corrected chi connectivity index (χ0v) is 6.72. The van der Waals surface area contributed by atoms with Crippen molar-refractivity contribution in [2.75, 3.05) is 0 Å². The van der Waals surface area contributed by atoms with E-state index in [1.54, 1.807) is 0 Å². The molecule has 3 heteroatoms. The van der Waals surface area contributed by atoms with E-state index in [-0.39, 0.29) is 0 Å². The molecule has 1 saturated carbocycles. The maximum atomic E-state index is 7.43. The van der Waals surface area contributed by atoms with E-state index in [4.69, 9.17) is 5.41 Å². The molecule has 1 aliphatic carbocycles. The van der Waals surface area contributed by atoms with E-state index in [0.717, 1.165) is 12.3 Å². The van der Waals surface area contributed by atoms with E-state index in [0.29, 0.717) is 11.8 Å². The Hall–Kier alpha value is -0.860. The number of hydrogen-bond donors (Lipinski definition) is 2. The summed E-state index contributed by atoms with van der Waals surface area (Å²) in [6.07, 6.45) is 3.61. The second-order valence-electron chi connectivity index (χ2n) is 3.51. The fraction of sp³-hybridized carbons (Fsp3) is 0.750. The van der Waals surface area contributed by atoms with Gasteiger partial charge < -0.3 is 0 Å². The summed E-state index contributed by atoms with van der Waals surface area (Å²) in [5, 5.41) is 11.6. The number of amidine groups is 1. The molecular weight excluding hydrogens is 138 g/mol. The van der Waals surface area contributed by atoms with Crippen LogP contribution < -0.4 is 5.43 Å². The molecule has 0 spiro atoms. The molecule has 0 radical (unpaired) electrons. The molecule has 0 saturated heterocycles. The van der Waals surface area contributed by atoms with E-state index >= 15 is 0 Å². The van der Waals surface area contributed by atoms with Crippen LogP contribution in [0.5, 0.6) is 0 Å². The highest BCUT2D eigenvalue weighted by Gasteiger charge is 2.31. The lowest BCUT2D eigenvalue weighted by Crippen LogP contribution is -2.32. The van der Waals surface area contributed by atoms with Gasteiger partial charge in [0.25, 0.3) is 0 Å². The van der Waals surface area contributed by atoms with E-state index in [1.165, 1.54) is 18.6 Å². The van der Waals surface area contributed by atoms with Crippen LogP contribution in [0.4, 0.5) is 0 Å². The topological polar surface area (TPSA) is 48.2 Å². The van der Waals surface area contributed by atoms with E-state index in [1.807, 2.05) is 0 Å². The standard InChI is InChI=1S/C8H13N3/c1-5-4-7(6-2-3-6)10-11-8(5)9/h5-6H,2-4H2,1H3,(H2,9,11). The average molecular weight is 151 g/mol. The van der Waals surface area contributed by atoms with Gasteiger partial charge in [0.05, 0.1) is 0 Å². The van der Waals surface area contributed by atoms with Crippen LogP contribution in [0.25, 0.3) is 0 Å². The van der Waals surface area contributed by atoms with Crippen molar-refractivity contribution in [1.82, 2.24) is 5.43 Å². The van der Waals surface area contributed by atoms with Crippen molar-refractivity contribution in [3.8, 4) is 0 Å². The summed E-state index contributed by atoms with van der Waals surface area (Å²) in [5.41, 5.74) is 4.06. The minimum Gasteiger partial charge on any atom is -0.287 e. The summed E-state index contributed by atoms with van der Waals surface area (Å²) in [7, 11) is 0. The summed E-state index contributed by atoms with van der Waals surface area (Å²) in [5.74, 6) is 1.66. The van der Waals surface area contributed by atoms with Crippen LogP contribution in [-0.2, 0) is 0 Å². The second kappa shape index (κ2) is 2.32. The monoisotopic (exact) mass is 151 g/mol. The first-order chi connectivity index (χ1) is 5.27. The zero-order valence-electron chi connectivity index (χ0n) is 6.72. The fourth-order valence-corrected chi connectivity index (χ4v) is 1.38. The zero-order chi connectivity index (χ0) is 7.84. The van der Waals surface area contributed by atoms with Crippen molar-refractivity contribution >= 4 is 11.5 Å². The van der Waals surface area contributed by atoms with Crippen molar-refractivity contribution < 1.29 is 0 Å². The highest BCUT2D eigenvalue weighted by atomic mass is 15.3. The molecule has 0 aromatic rings. The van der Waals surface area contributed by atoms with Crippen LogP contribution in [0.1, 0.15) is 26.2 Å². The molecule has 0 bridgehead atoms. The van der Waals surface area contributed by atoms with Gasteiger partial charge in [0.1, 0.15) is 5.84 Å². The lowest BCUT2D eigenvalue weighted by molar-refractivity contribution is 0.708. The highest BCUT2D eigenvalue weighted by Crippen LogP contribution is 2.33. The SMILES string of the molecule is CC1CC(C2CC2)=NNC1=N. The first-order valence-corrected chi connectivity index (χ1v) is 4.18. The molecule has 11 heavy (non-hydrogen) atoms. The van der Waals surface area contributed by atoms with Crippen LogP contribution in [-0.4, -0.2) is 11.5 Å². The van der Waals surface area contributed by atoms with Gasteiger partial charge in [-0.25, -0.2) is 0 Å². The normalized spacial score (nSPS) is 31.2. The Balaban J connectivity index is 2.07. The largest absolute Gasteiger partial charge is 0.287 e. The predicted octanol–water partition coefficient (Wildman–Crippen LogP) is 1.36. The van der Waals surface area contributed by atoms with Crippen LogP contribution in [0.15, 0.2) is 5.10 Å². The Morgan fingerprint density at radius 3 is 2.82 bits per heavy atom. The minimum absolute atomic E-state index is 0.350. The average Bonchev–Trinajstić information content (AvgIpc) is 2.77. The third-order valence-electron chi connectivity index (χ3n) is 2.38.